The first-order valence-corrected chi connectivity index (χ1v) is 6.94. The van der Waals surface area contributed by atoms with Crippen LogP contribution in [-0.2, 0) is 11.3 Å². The summed E-state index contributed by atoms with van der Waals surface area (Å²) in [6, 6.07) is 0.528. The van der Waals surface area contributed by atoms with Crippen LogP contribution < -0.4 is 5.32 Å². The Balaban J connectivity index is 2.46. The summed E-state index contributed by atoms with van der Waals surface area (Å²) >= 11 is 0. The summed E-state index contributed by atoms with van der Waals surface area (Å²) in [5.74, 6) is 0.730. The lowest BCUT2D eigenvalue weighted by Gasteiger charge is -2.22. The van der Waals surface area contributed by atoms with Gasteiger partial charge in [-0.15, -0.1) is 0 Å². The van der Waals surface area contributed by atoms with E-state index in [9.17, 15) is 0 Å². The Kier molecular flexibility index (Phi) is 6.98. The van der Waals surface area contributed by atoms with E-state index in [1.54, 1.807) is 7.11 Å². The normalized spacial score (nSPS) is 13.2. The van der Waals surface area contributed by atoms with Crippen LogP contribution in [0, 0.1) is 5.92 Å². The number of nitrogens with one attached hydrogen (secondary N) is 1. The van der Waals surface area contributed by atoms with Crippen LogP contribution in [0.25, 0.3) is 0 Å². The van der Waals surface area contributed by atoms with E-state index in [2.05, 4.69) is 41.8 Å². The molecule has 1 atom stereocenters. The van der Waals surface area contributed by atoms with E-state index in [1.807, 2.05) is 6.33 Å². The zero-order valence-corrected chi connectivity index (χ0v) is 12.1. The molecule has 0 aromatic carbocycles. The number of nitrogens with zero attached hydrogens (tertiary/aromatic N) is 2. The smallest absolute Gasteiger partial charge is 0.0952 e. The molecule has 0 fully saturated rings. The predicted molar refractivity (Wildman–Crippen MR) is 74.6 cm³/mol. The third-order valence-electron chi connectivity index (χ3n) is 3.65. The first-order valence-electron chi connectivity index (χ1n) is 6.94. The van der Waals surface area contributed by atoms with Crippen molar-refractivity contribution in [2.45, 2.75) is 46.2 Å². The molecule has 0 spiro atoms. The standard InChI is InChI=1S/C14H27N3O/c1-5-13(6-2)12(3)17-10-14(16-11-17)9-15-7-8-18-4/h10-13,15H,5-9H2,1-4H3. The van der Waals surface area contributed by atoms with Crippen LogP contribution in [-0.4, -0.2) is 29.8 Å². The van der Waals surface area contributed by atoms with Gasteiger partial charge >= 0.3 is 0 Å². The highest BCUT2D eigenvalue weighted by molar-refractivity contribution is 4.98. The minimum Gasteiger partial charge on any atom is -0.383 e. The third-order valence-corrected chi connectivity index (χ3v) is 3.65. The first kappa shape index (κ1) is 15.2. The number of aromatic nitrogens is 2. The van der Waals surface area contributed by atoms with E-state index < -0.39 is 0 Å². The van der Waals surface area contributed by atoms with Gasteiger partial charge in [0.1, 0.15) is 0 Å². The van der Waals surface area contributed by atoms with E-state index >= 15 is 0 Å². The van der Waals surface area contributed by atoms with E-state index in [0.29, 0.717) is 6.04 Å². The molecule has 0 bridgehead atoms. The number of hydrogen-bond acceptors (Lipinski definition) is 3. The van der Waals surface area contributed by atoms with Gasteiger partial charge < -0.3 is 14.6 Å². The predicted octanol–water partition coefficient (Wildman–Crippen LogP) is 2.62. The van der Waals surface area contributed by atoms with Crippen molar-refractivity contribution < 1.29 is 4.74 Å². The second-order valence-corrected chi connectivity index (χ2v) is 4.80. The number of methoxy groups -OCH3 is 1. The topological polar surface area (TPSA) is 39.1 Å². The maximum absolute atomic E-state index is 5.00. The van der Waals surface area contributed by atoms with Gasteiger partial charge in [-0.25, -0.2) is 4.98 Å². The zero-order valence-electron chi connectivity index (χ0n) is 12.1. The number of hydrogen-bond donors (Lipinski definition) is 1. The minimum absolute atomic E-state index is 0.528. The summed E-state index contributed by atoms with van der Waals surface area (Å²) < 4.78 is 7.24. The van der Waals surface area contributed by atoms with E-state index in [4.69, 9.17) is 4.74 Å². The number of rotatable bonds is 9. The molecule has 0 aliphatic heterocycles. The Morgan fingerprint density at radius 1 is 1.39 bits per heavy atom. The fourth-order valence-electron chi connectivity index (χ4n) is 2.30. The maximum atomic E-state index is 5.00. The van der Waals surface area contributed by atoms with Crippen molar-refractivity contribution >= 4 is 0 Å². The third kappa shape index (κ3) is 4.42. The molecule has 1 N–H and O–H groups in total. The van der Waals surface area contributed by atoms with E-state index in [1.165, 1.54) is 12.8 Å². The molecule has 0 radical (unpaired) electrons. The van der Waals surface area contributed by atoms with Crippen LogP contribution in [0.1, 0.15) is 45.3 Å². The fourth-order valence-corrected chi connectivity index (χ4v) is 2.30. The summed E-state index contributed by atoms with van der Waals surface area (Å²) in [5.41, 5.74) is 1.10. The molecule has 4 heteroatoms. The van der Waals surface area contributed by atoms with Crippen molar-refractivity contribution in [1.82, 2.24) is 14.9 Å². The molecule has 1 aromatic heterocycles. The van der Waals surface area contributed by atoms with Gasteiger partial charge in [-0.05, 0) is 12.8 Å². The van der Waals surface area contributed by atoms with Crippen molar-refractivity contribution in [3.63, 3.8) is 0 Å². The van der Waals surface area contributed by atoms with Gasteiger partial charge in [-0.3, -0.25) is 0 Å². The highest BCUT2D eigenvalue weighted by atomic mass is 16.5. The monoisotopic (exact) mass is 253 g/mol. The van der Waals surface area contributed by atoms with Crippen molar-refractivity contribution in [1.29, 1.82) is 0 Å². The van der Waals surface area contributed by atoms with E-state index in [-0.39, 0.29) is 0 Å². The molecule has 1 heterocycles. The fraction of sp³-hybridized carbons (Fsp3) is 0.786. The zero-order chi connectivity index (χ0) is 13.4. The quantitative estimate of drug-likeness (QED) is 0.688. The van der Waals surface area contributed by atoms with Crippen molar-refractivity contribution in [2.24, 2.45) is 5.92 Å². The Morgan fingerprint density at radius 3 is 2.72 bits per heavy atom. The molecule has 1 unspecified atom stereocenters. The van der Waals surface area contributed by atoms with E-state index in [0.717, 1.165) is 31.3 Å². The van der Waals surface area contributed by atoms with Gasteiger partial charge in [0.2, 0.25) is 0 Å². The van der Waals surface area contributed by atoms with Gasteiger partial charge in [0, 0.05) is 32.4 Å². The van der Waals surface area contributed by atoms with Crippen LogP contribution in [0.2, 0.25) is 0 Å². The van der Waals surface area contributed by atoms with Gasteiger partial charge in [0.15, 0.2) is 0 Å². The summed E-state index contributed by atoms with van der Waals surface area (Å²) in [4.78, 5) is 4.45. The molecular formula is C14H27N3O. The molecular weight excluding hydrogens is 226 g/mol. The lowest BCUT2D eigenvalue weighted by molar-refractivity contribution is 0.199. The summed E-state index contributed by atoms with van der Waals surface area (Å²) in [6.07, 6.45) is 6.55. The highest BCUT2D eigenvalue weighted by Gasteiger charge is 2.15. The lowest BCUT2D eigenvalue weighted by Crippen LogP contribution is -2.18. The Hall–Kier alpha value is -0.870. The van der Waals surface area contributed by atoms with Crippen LogP contribution in [0.5, 0.6) is 0 Å². The summed E-state index contributed by atoms with van der Waals surface area (Å²) in [7, 11) is 1.72. The molecule has 18 heavy (non-hydrogen) atoms. The van der Waals surface area contributed by atoms with Crippen molar-refractivity contribution in [2.75, 3.05) is 20.3 Å². The van der Waals surface area contributed by atoms with Crippen molar-refractivity contribution in [3.8, 4) is 0 Å². The van der Waals surface area contributed by atoms with Gasteiger partial charge in [-0.1, -0.05) is 26.7 Å². The molecule has 0 amide bonds. The van der Waals surface area contributed by atoms with Crippen molar-refractivity contribution in [3.05, 3.63) is 18.2 Å². The summed E-state index contributed by atoms with van der Waals surface area (Å²) in [6.45, 7) is 9.22. The SMILES string of the molecule is CCC(CC)C(C)n1cnc(CNCCOC)c1. The molecule has 1 rings (SSSR count). The second-order valence-electron chi connectivity index (χ2n) is 4.80. The summed E-state index contributed by atoms with van der Waals surface area (Å²) in [5, 5.41) is 3.31. The Morgan fingerprint density at radius 2 is 2.11 bits per heavy atom. The Bertz CT molecular complexity index is 321. The maximum Gasteiger partial charge on any atom is 0.0952 e. The van der Waals surface area contributed by atoms with Gasteiger partial charge in [-0.2, -0.15) is 0 Å². The second kappa shape index (κ2) is 8.27. The molecule has 0 saturated heterocycles. The Labute approximate surface area is 111 Å². The molecule has 104 valence electrons. The molecule has 4 nitrogen and oxygen atoms in total. The number of ether oxygens (including phenoxy) is 1. The van der Waals surface area contributed by atoms with Crippen LogP contribution in [0.3, 0.4) is 0 Å². The molecule has 0 aliphatic carbocycles. The van der Waals surface area contributed by atoms with Crippen LogP contribution in [0.15, 0.2) is 12.5 Å². The average molecular weight is 253 g/mol. The van der Waals surface area contributed by atoms with Crippen LogP contribution in [0.4, 0.5) is 0 Å². The highest BCUT2D eigenvalue weighted by Crippen LogP contribution is 2.23. The van der Waals surface area contributed by atoms with Crippen LogP contribution >= 0.6 is 0 Å². The minimum atomic E-state index is 0.528. The average Bonchev–Trinajstić information content (AvgIpc) is 2.85. The molecule has 1 aromatic rings. The number of imidazole rings is 1. The largest absolute Gasteiger partial charge is 0.383 e. The first-order chi connectivity index (χ1) is 8.72. The molecule has 0 saturated carbocycles. The van der Waals surface area contributed by atoms with Gasteiger partial charge in [0.25, 0.3) is 0 Å². The van der Waals surface area contributed by atoms with Gasteiger partial charge in [0.05, 0.1) is 18.6 Å². The lowest BCUT2D eigenvalue weighted by atomic mass is 9.95. The molecule has 0 aliphatic rings.